The van der Waals surface area contributed by atoms with E-state index in [-0.39, 0.29) is 11.6 Å². The summed E-state index contributed by atoms with van der Waals surface area (Å²) in [5.74, 6) is -1.74. The number of rotatable bonds is 8. The first kappa shape index (κ1) is 22.7. The minimum Gasteiger partial charge on any atom is -0.454 e. The fraction of sp³-hybridized carbons (Fsp3) is 0.471. The van der Waals surface area contributed by atoms with Gasteiger partial charge in [-0.25, -0.2) is 8.42 Å². The molecular weight excluding hydrogens is 394 g/mol. The Bertz CT molecular complexity index is 850. The lowest BCUT2D eigenvalue weighted by Gasteiger charge is -2.27. The van der Waals surface area contributed by atoms with Crippen molar-refractivity contribution in [3.05, 3.63) is 29.3 Å². The molecule has 0 spiro atoms. The van der Waals surface area contributed by atoms with Crippen LogP contribution in [0.4, 0.5) is 5.69 Å². The van der Waals surface area contributed by atoms with Crippen LogP contribution in [0.2, 0.25) is 5.02 Å². The van der Waals surface area contributed by atoms with Gasteiger partial charge in [0.15, 0.2) is 6.61 Å². The monoisotopic (exact) mass is 415 g/mol. The van der Waals surface area contributed by atoms with E-state index in [4.69, 9.17) is 16.3 Å². The van der Waals surface area contributed by atoms with Crippen LogP contribution in [0.1, 0.15) is 20.8 Å². The Morgan fingerprint density at radius 2 is 2.04 bits per heavy atom. The van der Waals surface area contributed by atoms with Crippen molar-refractivity contribution < 1.29 is 22.7 Å². The Hall–Kier alpha value is -2.31. The van der Waals surface area contributed by atoms with Crippen molar-refractivity contribution in [2.24, 2.45) is 5.92 Å². The number of anilines is 1. The SMILES string of the molecule is CC(C)[C@](C)(C#N)NC(=O)COC(=O)CN(c1cccc(Cl)c1)S(C)(=O)=O. The number of nitriles is 1. The molecule has 1 atom stereocenters. The molecule has 1 rings (SSSR count). The summed E-state index contributed by atoms with van der Waals surface area (Å²) in [6.07, 6.45) is 0.939. The van der Waals surface area contributed by atoms with E-state index in [2.05, 4.69) is 5.32 Å². The molecule has 10 heteroatoms. The first-order chi connectivity index (χ1) is 12.4. The van der Waals surface area contributed by atoms with E-state index >= 15 is 0 Å². The minimum absolute atomic E-state index is 0.161. The van der Waals surface area contributed by atoms with Crippen LogP contribution in [0.25, 0.3) is 0 Å². The molecule has 0 radical (unpaired) electrons. The van der Waals surface area contributed by atoms with Crippen molar-refractivity contribution in [1.82, 2.24) is 5.32 Å². The highest BCUT2D eigenvalue weighted by atomic mass is 35.5. The van der Waals surface area contributed by atoms with Gasteiger partial charge in [0.25, 0.3) is 5.91 Å². The standard InChI is InChI=1S/C17H22ClN3O5S/c1-12(2)17(3,11-19)20-15(22)10-26-16(23)9-21(27(4,24)25)14-7-5-6-13(18)8-14/h5-8,12H,9-10H2,1-4H3,(H,20,22)/t17-/m0/s1. The van der Waals surface area contributed by atoms with Gasteiger partial charge in [0.1, 0.15) is 12.1 Å². The summed E-state index contributed by atoms with van der Waals surface area (Å²) in [5, 5.41) is 12.0. The first-order valence-corrected chi connectivity index (χ1v) is 10.2. The maximum absolute atomic E-state index is 12.0. The van der Waals surface area contributed by atoms with Crippen molar-refractivity contribution in [1.29, 1.82) is 5.26 Å². The maximum Gasteiger partial charge on any atom is 0.327 e. The van der Waals surface area contributed by atoms with E-state index in [0.29, 0.717) is 5.02 Å². The number of amides is 1. The zero-order valence-electron chi connectivity index (χ0n) is 15.5. The van der Waals surface area contributed by atoms with Crippen LogP contribution in [0.3, 0.4) is 0 Å². The lowest BCUT2D eigenvalue weighted by atomic mass is 9.90. The van der Waals surface area contributed by atoms with Gasteiger partial charge in [-0.1, -0.05) is 31.5 Å². The van der Waals surface area contributed by atoms with E-state index in [1.807, 2.05) is 6.07 Å². The van der Waals surface area contributed by atoms with Crippen molar-refractivity contribution in [2.75, 3.05) is 23.7 Å². The molecule has 0 bridgehead atoms. The van der Waals surface area contributed by atoms with Crippen LogP contribution < -0.4 is 9.62 Å². The van der Waals surface area contributed by atoms with Crippen LogP contribution in [0.5, 0.6) is 0 Å². The molecule has 0 unspecified atom stereocenters. The predicted octanol–water partition coefficient (Wildman–Crippen LogP) is 1.70. The zero-order chi connectivity index (χ0) is 20.8. The third-order valence-corrected chi connectivity index (χ3v) is 5.30. The molecule has 0 saturated heterocycles. The Morgan fingerprint density at radius 3 is 2.52 bits per heavy atom. The van der Waals surface area contributed by atoms with Crippen molar-refractivity contribution in [3.8, 4) is 6.07 Å². The Morgan fingerprint density at radius 1 is 1.41 bits per heavy atom. The van der Waals surface area contributed by atoms with Crippen LogP contribution in [-0.2, 0) is 24.3 Å². The van der Waals surface area contributed by atoms with Gasteiger partial charge in [-0.2, -0.15) is 5.26 Å². The number of halogens is 1. The van der Waals surface area contributed by atoms with Gasteiger partial charge in [0, 0.05) is 5.02 Å². The topological polar surface area (TPSA) is 117 Å². The molecule has 1 N–H and O–H groups in total. The number of hydrogen-bond donors (Lipinski definition) is 1. The highest BCUT2D eigenvalue weighted by molar-refractivity contribution is 7.92. The van der Waals surface area contributed by atoms with E-state index in [1.165, 1.54) is 12.1 Å². The largest absolute Gasteiger partial charge is 0.454 e. The number of ether oxygens (including phenoxy) is 1. The highest BCUT2D eigenvalue weighted by Gasteiger charge is 2.30. The van der Waals surface area contributed by atoms with Gasteiger partial charge < -0.3 is 10.1 Å². The third-order valence-electron chi connectivity index (χ3n) is 3.92. The quantitative estimate of drug-likeness (QED) is 0.646. The van der Waals surface area contributed by atoms with Crippen molar-refractivity contribution in [3.63, 3.8) is 0 Å². The van der Waals surface area contributed by atoms with E-state index < -0.39 is 40.6 Å². The number of carbonyl (C=O) groups is 2. The molecule has 0 fully saturated rings. The van der Waals surface area contributed by atoms with Gasteiger partial charge in [0.05, 0.1) is 18.0 Å². The second kappa shape index (κ2) is 9.06. The number of nitrogens with zero attached hydrogens (tertiary/aromatic N) is 2. The molecule has 8 nitrogen and oxygen atoms in total. The van der Waals surface area contributed by atoms with Gasteiger partial charge in [-0.05, 0) is 31.0 Å². The molecule has 27 heavy (non-hydrogen) atoms. The predicted molar refractivity (Wildman–Crippen MR) is 102 cm³/mol. The van der Waals surface area contributed by atoms with Crippen molar-refractivity contribution >= 4 is 39.2 Å². The summed E-state index contributed by atoms with van der Waals surface area (Å²) in [5.41, 5.74) is -0.911. The molecule has 0 aliphatic rings. The number of benzene rings is 1. The van der Waals surface area contributed by atoms with Gasteiger partial charge in [-0.3, -0.25) is 13.9 Å². The van der Waals surface area contributed by atoms with Crippen LogP contribution in [0.15, 0.2) is 24.3 Å². The lowest BCUT2D eigenvalue weighted by Crippen LogP contribution is -2.50. The minimum atomic E-state index is -3.78. The average Bonchev–Trinajstić information content (AvgIpc) is 2.56. The first-order valence-electron chi connectivity index (χ1n) is 8.00. The summed E-state index contributed by atoms with van der Waals surface area (Å²) in [7, 11) is -3.78. The third kappa shape index (κ3) is 6.73. The molecule has 0 aliphatic carbocycles. The van der Waals surface area contributed by atoms with E-state index in [9.17, 15) is 23.3 Å². The average molecular weight is 416 g/mol. The fourth-order valence-corrected chi connectivity index (χ4v) is 2.99. The molecule has 0 aliphatic heterocycles. The number of sulfonamides is 1. The summed E-state index contributed by atoms with van der Waals surface area (Å²) in [4.78, 5) is 24.0. The Labute approximate surface area is 164 Å². The highest BCUT2D eigenvalue weighted by Crippen LogP contribution is 2.21. The molecule has 0 saturated carbocycles. The number of carbonyl (C=O) groups excluding carboxylic acids is 2. The second-order valence-corrected chi connectivity index (χ2v) is 8.77. The normalized spacial score (nSPS) is 13.4. The van der Waals surface area contributed by atoms with Gasteiger partial charge in [0.2, 0.25) is 10.0 Å². The van der Waals surface area contributed by atoms with Crippen LogP contribution in [0, 0.1) is 17.2 Å². The number of hydrogen-bond acceptors (Lipinski definition) is 6. The smallest absolute Gasteiger partial charge is 0.327 e. The van der Waals surface area contributed by atoms with Crippen LogP contribution in [-0.4, -0.2) is 45.2 Å². The zero-order valence-corrected chi connectivity index (χ0v) is 17.1. The molecule has 1 aromatic rings. The molecule has 1 aromatic carbocycles. The Balaban J connectivity index is 2.76. The number of nitrogens with one attached hydrogen (secondary N) is 1. The summed E-state index contributed by atoms with van der Waals surface area (Å²) in [6.45, 7) is 3.85. The van der Waals surface area contributed by atoms with Gasteiger partial charge in [-0.15, -0.1) is 0 Å². The van der Waals surface area contributed by atoms with E-state index in [0.717, 1.165) is 10.6 Å². The maximum atomic E-state index is 12.0. The molecular formula is C17H22ClN3O5S. The summed E-state index contributed by atoms with van der Waals surface area (Å²) >= 11 is 5.86. The molecule has 0 heterocycles. The van der Waals surface area contributed by atoms with Crippen LogP contribution >= 0.6 is 11.6 Å². The Kier molecular flexibility index (Phi) is 7.63. The molecule has 148 valence electrons. The summed E-state index contributed by atoms with van der Waals surface area (Å²) < 4.78 is 29.6. The molecule has 1 amide bonds. The fourth-order valence-electron chi connectivity index (χ4n) is 1.97. The molecule has 0 aromatic heterocycles. The summed E-state index contributed by atoms with van der Waals surface area (Å²) in [6, 6.07) is 7.98. The number of esters is 1. The lowest BCUT2D eigenvalue weighted by molar-refractivity contribution is -0.147. The second-order valence-electron chi connectivity index (χ2n) is 6.43. The van der Waals surface area contributed by atoms with E-state index in [1.54, 1.807) is 32.9 Å². The van der Waals surface area contributed by atoms with Crippen molar-refractivity contribution in [2.45, 2.75) is 26.3 Å². The van der Waals surface area contributed by atoms with Gasteiger partial charge >= 0.3 is 5.97 Å².